The van der Waals surface area contributed by atoms with Gasteiger partial charge in [-0.3, -0.25) is 9.59 Å². The maximum absolute atomic E-state index is 13.2. The molecule has 1 amide bonds. The monoisotopic (exact) mass is 431 g/mol. The molecule has 32 heavy (non-hydrogen) atoms. The highest BCUT2D eigenvalue weighted by Gasteiger charge is 2.35. The molecule has 0 aliphatic carbocycles. The number of H-pyrrole nitrogens is 1. The van der Waals surface area contributed by atoms with Gasteiger partial charge in [-0.25, -0.2) is 9.97 Å². The predicted octanol–water partition coefficient (Wildman–Crippen LogP) is 3.02. The van der Waals surface area contributed by atoms with Crippen LogP contribution in [0.25, 0.3) is 11.4 Å². The van der Waals surface area contributed by atoms with Gasteiger partial charge < -0.3 is 14.8 Å². The number of anilines is 1. The van der Waals surface area contributed by atoms with Gasteiger partial charge in [0.25, 0.3) is 5.56 Å². The zero-order valence-electron chi connectivity index (χ0n) is 18.8. The van der Waals surface area contributed by atoms with Crippen molar-refractivity contribution in [3.8, 4) is 11.4 Å². The summed E-state index contributed by atoms with van der Waals surface area (Å²) in [6.07, 6.45) is 2.44. The first-order chi connectivity index (χ1) is 15.4. The maximum atomic E-state index is 13.2. The van der Waals surface area contributed by atoms with Gasteiger partial charge in [0.05, 0.1) is 5.41 Å². The van der Waals surface area contributed by atoms with Gasteiger partial charge in [0, 0.05) is 49.7 Å². The first-order valence-electron chi connectivity index (χ1n) is 11.0. The fourth-order valence-corrected chi connectivity index (χ4v) is 4.05. The van der Waals surface area contributed by atoms with Crippen LogP contribution in [0.2, 0.25) is 0 Å². The summed E-state index contributed by atoms with van der Waals surface area (Å²) >= 11 is 0. The highest BCUT2D eigenvalue weighted by atomic mass is 16.2. The lowest BCUT2D eigenvalue weighted by Gasteiger charge is -2.39. The molecule has 166 valence electrons. The van der Waals surface area contributed by atoms with Crippen molar-refractivity contribution in [2.75, 3.05) is 31.1 Å². The van der Waals surface area contributed by atoms with Crippen molar-refractivity contribution in [1.29, 1.82) is 0 Å². The molecule has 0 spiro atoms. The topological polar surface area (TPSA) is 82.2 Å². The fraction of sp³-hybridized carbons (Fsp3) is 0.360. The van der Waals surface area contributed by atoms with Crippen molar-refractivity contribution >= 4 is 11.7 Å². The molecule has 0 radical (unpaired) electrons. The van der Waals surface area contributed by atoms with Crippen LogP contribution in [0.3, 0.4) is 0 Å². The number of nitrogens with zero attached hydrogens (tertiary/aromatic N) is 4. The number of aromatic amines is 1. The van der Waals surface area contributed by atoms with Crippen LogP contribution in [0.1, 0.15) is 32.0 Å². The molecule has 0 bridgehead atoms. The van der Waals surface area contributed by atoms with Crippen LogP contribution < -0.4 is 10.5 Å². The Hall–Kier alpha value is -3.48. The number of aromatic nitrogens is 3. The van der Waals surface area contributed by atoms with Crippen molar-refractivity contribution in [3.63, 3.8) is 0 Å². The molecular weight excluding hydrogens is 402 g/mol. The lowest BCUT2D eigenvalue weighted by Crippen LogP contribution is -2.53. The number of hydrogen-bond acceptors (Lipinski definition) is 5. The first kappa shape index (κ1) is 21.7. The number of nitrogens with one attached hydrogen (secondary N) is 1. The second-order valence-corrected chi connectivity index (χ2v) is 8.61. The third-order valence-electron chi connectivity index (χ3n) is 6.10. The van der Waals surface area contributed by atoms with Gasteiger partial charge in [0.2, 0.25) is 5.91 Å². The number of pyridine rings is 1. The van der Waals surface area contributed by atoms with E-state index in [4.69, 9.17) is 0 Å². The molecule has 3 aromatic rings. The number of benzene rings is 1. The van der Waals surface area contributed by atoms with Crippen LogP contribution in [0, 0.1) is 0 Å². The number of carbonyl (C=O) groups excluding carboxylic acids is 1. The highest BCUT2D eigenvalue weighted by Crippen LogP contribution is 2.27. The van der Waals surface area contributed by atoms with E-state index in [0.717, 1.165) is 35.7 Å². The summed E-state index contributed by atoms with van der Waals surface area (Å²) in [4.78, 5) is 41.0. The molecule has 7 nitrogen and oxygen atoms in total. The molecule has 2 aromatic heterocycles. The van der Waals surface area contributed by atoms with Gasteiger partial charge in [0.1, 0.15) is 11.6 Å². The minimum absolute atomic E-state index is 0.150. The third kappa shape index (κ3) is 4.42. The van der Waals surface area contributed by atoms with Crippen LogP contribution in [0.5, 0.6) is 0 Å². The van der Waals surface area contributed by atoms with E-state index in [2.05, 4.69) is 19.9 Å². The standard InChI is InChI=1S/C25H29N5O2/c1-4-20-16-22(31)28-23(27-20)18-10-11-21(26-17-18)29-12-14-30(15-13-29)24(32)25(2,3)19-8-6-5-7-9-19/h5-11,16-17H,4,12-15H2,1-3H3,(H,27,28,31). The van der Waals surface area contributed by atoms with Crippen LogP contribution in [-0.4, -0.2) is 51.9 Å². The predicted molar refractivity (Wildman–Crippen MR) is 126 cm³/mol. The number of rotatable bonds is 5. The Bertz CT molecular complexity index is 1130. The van der Waals surface area contributed by atoms with Crippen LogP contribution in [0.15, 0.2) is 59.5 Å². The Labute approximate surface area is 188 Å². The molecule has 7 heteroatoms. The van der Waals surface area contributed by atoms with E-state index in [1.807, 2.05) is 68.1 Å². The SMILES string of the molecule is CCc1cc(=O)[nH]c(-c2ccc(N3CCN(C(=O)C(C)(C)c4ccccc4)CC3)nc2)n1. The summed E-state index contributed by atoms with van der Waals surface area (Å²) in [6.45, 7) is 8.72. The second-order valence-electron chi connectivity index (χ2n) is 8.61. The van der Waals surface area contributed by atoms with Gasteiger partial charge in [-0.2, -0.15) is 0 Å². The summed E-state index contributed by atoms with van der Waals surface area (Å²) in [7, 11) is 0. The van der Waals surface area contributed by atoms with Gasteiger partial charge in [0.15, 0.2) is 0 Å². The number of carbonyl (C=O) groups is 1. The summed E-state index contributed by atoms with van der Waals surface area (Å²) in [6, 6.07) is 15.3. The molecule has 3 heterocycles. The first-order valence-corrected chi connectivity index (χ1v) is 11.0. The van der Waals surface area contributed by atoms with Crippen molar-refractivity contribution in [1.82, 2.24) is 19.9 Å². The minimum Gasteiger partial charge on any atom is -0.353 e. The van der Waals surface area contributed by atoms with E-state index in [-0.39, 0.29) is 11.5 Å². The molecule has 1 aliphatic heterocycles. The molecular formula is C25H29N5O2. The highest BCUT2D eigenvalue weighted by molar-refractivity contribution is 5.87. The zero-order valence-corrected chi connectivity index (χ0v) is 18.8. The Balaban J connectivity index is 1.42. The average molecular weight is 432 g/mol. The zero-order chi connectivity index (χ0) is 22.7. The summed E-state index contributed by atoms with van der Waals surface area (Å²) in [5.41, 5.74) is 1.85. The molecule has 1 aromatic carbocycles. The van der Waals surface area contributed by atoms with Gasteiger partial charge in [-0.05, 0) is 38.0 Å². The number of amides is 1. The Morgan fingerprint density at radius 2 is 1.78 bits per heavy atom. The van der Waals surface area contributed by atoms with Crippen LogP contribution in [0.4, 0.5) is 5.82 Å². The molecule has 1 aliphatic rings. The minimum atomic E-state index is -0.555. The van der Waals surface area contributed by atoms with E-state index in [1.165, 1.54) is 6.07 Å². The molecule has 4 rings (SSSR count). The van der Waals surface area contributed by atoms with Crippen LogP contribution in [-0.2, 0) is 16.6 Å². The van der Waals surface area contributed by atoms with Gasteiger partial charge >= 0.3 is 0 Å². The van der Waals surface area contributed by atoms with Crippen molar-refractivity contribution < 1.29 is 4.79 Å². The Kier molecular flexibility index (Phi) is 6.08. The van der Waals surface area contributed by atoms with Crippen molar-refractivity contribution in [3.05, 3.63) is 76.3 Å². The van der Waals surface area contributed by atoms with Gasteiger partial charge in [-0.15, -0.1) is 0 Å². The van der Waals surface area contributed by atoms with Gasteiger partial charge in [-0.1, -0.05) is 37.3 Å². The molecule has 1 saturated heterocycles. The van der Waals surface area contributed by atoms with Crippen molar-refractivity contribution in [2.45, 2.75) is 32.6 Å². The van der Waals surface area contributed by atoms with E-state index in [9.17, 15) is 9.59 Å². The van der Waals surface area contributed by atoms with E-state index in [1.54, 1.807) is 6.20 Å². The van der Waals surface area contributed by atoms with E-state index < -0.39 is 5.41 Å². The number of hydrogen-bond donors (Lipinski definition) is 1. The lowest BCUT2D eigenvalue weighted by molar-refractivity contribution is -0.136. The lowest BCUT2D eigenvalue weighted by atomic mass is 9.83. The molecule has 1 N–H and O–H groups in total. The normalized spacial score (nSPS) is 14.5. The third-order valence-corrected chi connectivity index (χ3v) is 6.10. The summed E-state index contributed by atoms with van der Waals surface area (Å²) in [5.74, 6) is 1.54. The maximum Gasteiger partial charge on any atom is 0.251 e. The van der Waals surface area contributed by atoms with E-state index in [0.29, 0.717) is 25.3 Å². The fourth-order valence-electron chi connectivity index (χ4n) is 4.05. The second kappa shape index (κ2) is 8.94. The molecule has 0 saturated carbocycles. The average Bonchev–Trinajstić information content (AvgIpc) is 2.84. The number of aryl methyl sites for hydroxylation is 1. The Morgan fingerprint density at radius 3 is 2.41 bits per heavy atom. The van der Waals surface area contributed by atoms with Crippen LogP contribution >= 0.6 is 0 Å². The van der Waals surface area contributed by atoms with E-state index >= 15 is 0 Å². The quantitative estimate of drug-likeness (QED) is 0.672. The molecule has 0 unspecified atom stereocenters. The van der Waals surface area contributed by atoms with Crippen molar-refractivity contribution in [2.24, 2.45) is 0 Å². The molecule has 0 atom stereocenters. The summed E-state index contributed by atoms with van der Waals surface area (Å²) in [5, 5.41) is 0. The number of piperazine rings is 1. The smallest absolute Gasteiger partial charge is 0.251 e. The largest absolute Gasteiger partial charge is 0.353 e. The summed E-state index contributed by atoms with van der Waals surface area (Å²) < 4.78 is 0. The Morgan fingerprint density at radius 1 is 1.06 bits per heavy atom. The molecule has 1 fully saturated rings.